The van der Waals surface area contributed by atoms with Crippen LogP contribution < -0.4 is 4.74 Å². The third-order valence-corrected chi connectivity index (χ3v) is 6.03. The van der Waals surface area contributed by atoms with E-state index in [4.69, 9.17) is 4.74 Å². The molecule has 0 amide bonds. The van der Waals surface area contributed by atoms with Gasteiger partial charge in [-0.1, -0.05) is 43.7 Å². The molecule has 0 aliphatic heterocycles. The van der Waals surface area contributed by atoms with E-state index in [1.54, 1.807) is 13.8 Å². The van der Waals surface area contributed by atoms with Gasteiger partial charge in [-0.05, 0) is 24.6 Å². The Balaban J connectivity index is 2.31. The van der Waals surface area contributed by atoms with Crippen LogP contribution in [-0.2, 0) is 16.6 Å². The van der Waals surface area contributed by atoms with Crippen LogP contribution in [0.1, 0.15) is 25.0 Å². The van der Waals surface area contributed by atoms with Gasteiger partial charge >= 0.3 is 5.69 Å². The maximum atomic E-state index is 12.6. The standard InChI is InChI=1S/C18H22N2O5S/c1-4-19(5-2)26(23,24)16-10-11-18(17(12-16)20(21)22)25-13-15-8-6-14(3)7-9-15/h6-12H,4-5,13H2,1-3H3. The Bertz CT molecular complexity index is 875. The lowest BCUT2D eigenvalue weighted by Gasteiger charge is -2.18. The number of hydrogen-bond acceptors (Lipinski definition) is 5. The van der Waals surface area contributed by atoms with E-state index in [1.165, 1.54) is 16.4 Å². The fraction of sp³-hybridized carbons (Fsp3) is 0.333. The molecule has 0 atom stereocenters. The fourth-order valence-electron chi connectivity index (χ4n) is 2.48. The summed E-state index contributed by atoms with van der Waals surface area (Å²) in [6.07, 6.45) is 0. The van der Waals surface area contributed by atoms with E-state index in [2.05, 4.69) is 0 Å². The SMILES string of the molecule is CCN(CC)S(=O)(=O)c1ccc(OCc2ccc(C)cc2)c([N+](=O)[O-])c1. The summed E-state index contributed by atoms with van der Waals surface area (Å²) in [6.45, 7) is 6.13. The van der Waals surface area contributed by atoms with Crippen molar-refractivity contribution in [3.8, 4) is 5.75 Å². The third kappa shape index (κ3) is 4.39. The van der Waals surface area contributed by atoms with Gasteiger partial charge in [0, 0.05) is 19.2 Å². The molecule has 26 heavy (non-hydrogen) atoms. The van der Waals surface area contributed by atoms with Crippen molar-refractivity contribution in [2.45, 2.75) is 32.3 Å². The van der Waals surface area contributed by atoms with Crippen LogP contribution in [0, 0.1) is 17.0 Å². The zero-order chi connectivity index (χ0) is 19.3. The number of rotatable bonds is 8. The van der Waals surface area contributed by atoms with Crippen LogP contribution in [0.15, 0.2) is 47.4 Å². The molecule has 0 unspecified atom stereocenters. The summed E-state index contributed by atoms with van der Waals surface area (Å²) >= 11 is 0. The topological polar surface area (TPSA) is 89.8 Å². The Kier molecular flexibility index (Phi) is 6.33. The Morgan fingerprint density at radius 2 is 1.69 bits per heavy atom. The first-order chi connectivity index (χ1) is 12.3. The lowest BCUT2D eigenvalue weighted by Crippen LogP contribution is -2.30. The summed E-state index contributed by atoms with van der Waals surface area (Å²) < 4.78 is 31.9. The molecule has 140 valence electrons. The molecule has 0 saturated carbocycles. The zero-order valence-corrected chi connectivity index (χ0v) is 15.8. The Morgan fingerprint density at radius 1 is 1.08 bits per heavy atom. The molecule has 0 bridgehead atoms. The van der Waals surface area contributed by atoms with Gasteiger partial charge in [-0.15, -0.1) is 0 Å². The average molecular weight is 378 g/mol. The predicted octanol–water partition coefficient (Wildman–Crippen LogP) is 3.51. The molecule has 2 rings (SSSR count). The minimum Gasteiger partial charge on any atom is -0.482 e. The minimum absolute atomic E-state index is 0.0362. The number of sulfonamides is 1. The molecule has 0 aliphatic rings. The van der Waals surface area contributed by atoms with Gasteiger partial charge in [0.2, 0.25) is 10.0 Å². The van der Waals surface area contributed by atoms with Crippen molar-refractivity contribution in [2.24, 2.45) is 0 Å². The quantitative estimate of drug-likeness (QED) is 0.518. The number of ether oxygens (including phenoxy) is 1. The van der Waals surface area contributed by atoms with Crippen molar-refractivity contribution in [3.63, 3.8) is 0 Å². The summed E-state index contributed by atoms with van der Waals surface area (Å²) in [4.78, 5) is 10.6. The van der Waals surface area contributed by atoms with Gasteiger partial charge in [-0.3, -0.25) is 10.1 Å². The van der Waals surface area contributed by atoms with Crippen molar-refractivity contribution in [2.75, 3.05) is 13.1 Å². The summed E-state index contributed by atoms with van der Waals surface area (Å²) in [7, 11) is -3.77. The van der Waals surface area contributed by atoms with Gasteiger partial charge < -0.3 is 4.74 Å². The van der Waals surface area contributed by atoms with Crippen molar-refractivity contribution in [1.82, 2.24) is 4.31 Å². The summed E-state index contributed by atoms with van der Waals surface area (Å²) in [5.74, 6) is 0.0362. The molecular weight excluding hydrogens is 356 g/mol. The van der Waals surface area contributed by atoms with Crippen molar-refractivity contribution < 1.29 is 18.1 Å². The Labute approximate surface area is 153 Å². The van der Waals surface area contributed by atoms with Gasteiger partial charge in [0.25, 0.3) is 0 Å². The van der Waals surface area contributed by atoms with E-state index in [-0.39, 0.29) is 36.0 Å². The second-order valence-corrected chi connectivity index (χ2v) is 7.69. The zero-order valence-electron chi connectivity index (χ0n) is 15.0. The molecule has 8 heteroatoms. The number of hydrogen-bond donors (Lipinski definition) is 0. The van der Waals surface area contributed by atoms with E-state index >= 15 is 0 Å². The molecule has 0 aromatic heterocycles. The third-order valence-electron chi connectivity index (χ3n) is 3.99. The van der Waals surface area contributed by atoms with Crippen LogP contribution in [-0.4, -0.2) is 30.7 Å². The Hall–Kier alpha value is -2.45. The number of nitro groups is 1. The highest BCUT2D eigenvalue weighted by Gasteiger charge is 2.26. The molecule has 0 radical (unpaired) electrons. The lowest BCUT2D eigenvalue weighted by molar-refractivity contribution is -0.386. The van der Waals surface area contributed by atoms with Crippen LogP contribution >= 0.6 is 0 Å². The summed E-state index contributed by atoms with van der Waals surface area (Å²) in [6, 6.07) is 11.3. The predicted molar refractivity (Wildman–Crippen MR) is 98.7 cm³/mol. The van der Waals surface area contributed by atoms with Gasteiger partial charge in [0.05, 0.1) is 9.82 Å². The summed E-state index contributed by atoms with van der Waals surface area (Å²) in [5, 5.41) is 11.4. The smallest absolute Gasteiger partial charge is 0.312 e. The van der Waals surface area contributed by atoms with Gasteiger partial charge in [0.15, 0.2) is 5.75 Å². The van der Waals surface area contributed by atoms with Crippen molar-refractivity contribution in [1.29, 1.82) is 0 Å². The first-order valence-corrected chi connectivity index (χ1v) is 9.70. The first kappa shape index (κ1) is 19.9. The second-order valence-electron chi connectivity index (χ2n) is 5.75. The highest BCUT2D eigenvalue weighted by atomic mass is 32.2. The second kappa shape index (κ2) is 8.29. The largest absolute Gasteiger partial charge is 0.482 e. The first-order valence-electron chi connectivity index (χ1n) is 8.26. The molecule has 2 aromatic carbocycles. The molecule has 0 heterocycles. The van der Waals surface area contributed by atoms with E-state index < -0.39 is 14.9 Å². The molecule has 0 saturated heterocycles. The van der Waals surface area contributed by atoms with E-state index in [9.17, 15) is 18.5 Å². The Morgan fingerprint density at radius 3 is 2.23 bits per heavy atom. The van der Waals surface area contributed by atoms with Crippen LogP contribution in [0.25, 0.3) is 0 Å². The van der Waals surface area contributed by atoms with Crippen LogP contribution in [0.4, 0.5) is 5.69 Å². The van der Waals surface area contributed by atoms with E-state index in [0.29, 0.717) is 0 Å². The number of benzene rings is 2. The average Bonchev–Trinajstić information content (AvgIpc) is 2.61. The molecule has 7 nitrogen and oxygen atoms in total. The van der Waals surface area contributed by atoms with Gasteiger partial charge in [-0.2, -0.15) is 4.31 Å². The molecule has 0 N–H and O–H groups in total. The fourth-order valence-corrected chi connectivity index (χ4v) is 3.96. The number of nitrogens with zero attached hydrogens (tertiary/aromatic N) is 2. The lowest BCUT2D eigenvalue weighted by atomic mass is 10.2. The highest BCUT2D eigenvalue weighted by Crippen LogP contribution is 2.31. The van der Waals surface area contributed by atoms with E-state index in [0.717, 1.165) is 17.2 Å². The number of nitro benzene ring substituents is 1. The maximum absolute atomic E-state index is 12.6. The molecule has 0 fully saturated rings. The van der Waals surface area contributed by atoms with Crippen LogP contribution in [0.3, 0.4) is 0 Å². The van der Waals surface area contributed by atoms with Crippen molar-refractivity contribution >= 4 is 15.7 Å². The van der Waals surface area contributed by atoms with Crippen molar-refractivity contribution in [3.05, 3.63) is 63.7 Å². The van der Waals surface area contributed by atoms with Crippen LogP contribution in [0.5, 0.6) is 5.75 Å². The maximum Gasteiger partial charge on any atom is 0.312 e. The highest BCUT2D eigenvalue weighted by molar-refractivity contribution is 7.89. The van der Waals surface area contributed by atoms with Gasteiger partial charge in [-0.25, -0.2) is 8.42 Å². The molecule has 0 aliphatic carbocycles. The summed E-state index contributed by atoms with van der Waals surface area (Å²) in [5.41, 5.74) is 1.60. The molecule has 0 spiro atoms. The van der Waals surface area contributed by atoms with Gasteiger partial charge in [0.1, 0.15) is 6.61 Å². The molecule has 2 aromatic rings. The molecular formula is C18H22N2O5S. The van der Waals surface area contributed by atoms with Crippen LogP contribution in [0.2, 0.25) is 0 Å². The monoisotopic (exact) mass is 378 g/mol. The number of aryl methyl sites for hydroxylation is 1. The normalized spacial score (nSPS) is 11.5. The minimum atomic E-state index is -3.77. The van der Waals surface area contributed by atoms with E-state index in [1.807, 2.05) is 31.2 Å².